The lowest BCUT2D eigenvalue weighted by molar-refractivity contribution is -0.144. The standard InChI is InChI=1S/C46H79NO13S6.H2/c48-38(20-15-13-11-9-7-5-3-1-2-4-6-8-10-12-14-16-23-42(51)52)21-19-28-57-30-32-59-34-35-60-33-31-58-29-26-39(49)36-37(43(53)54)24-25-41(50)47-27-18-17-22-40(44(55)56)45-61-63-46(64-62-45)65-66-46;/h37,40,45H,1-36H2,(H,47,50)(H,51,52)(H,53,54)(H,55,56);1H/t37-,40+;/m1./s1. The van der Waals surface area contributed by atoms with Crippen molar-refractivity contribution in [1.82, 2.24) is 5.32 Å². The Balaban J connectivity index is 0.0000224. The van der Waals surface area contributed by atoms with E-state index in [4.69, 9.17) is 24.1 Å². The first-order valence-electron chi connectivity index (χ1n) is 24.4. The second kappa shape index (κ2) is 40.8. The van der Waals surface area contributed by atoms with Crippen LogP contribution in [0.4, 0.5) is 0 Å². The first kappa shape index (κ1) is 61.3. The number of carbonyl (C=O) groups is 6. The zero-order valence-corrected chi connectivity index (χ0v) is 44.0. The van der Waals surface area contributed by atoms with E-state index in [1.165, 1.54) is 70.6 Å². The van der Waals surface area contributed by atoms with Crippen LogP contribution in [-0.4, -0.2) is 117 Å². The van der Waals surface area contributed by atoms with Crippen molar-refractivity contribution in [1.29, 1.82) is 0 Å². The predicted molar refractivity (Wildman–Crippen MR) is 275 cm³/mol. The van der Waals surface area contributed by atoms with Crippen LogP contribution in [0.3, 0.4) is 0 Å². The van der Waals surface area contributed by atoms with Gasteiger partial charge in [0.1, 0.15) is 11.6 Å². The summed E-state index contributed by atoms with van der Waals surface area (Å²) in [7, 11) is 10.4. The molecule has 2 saturated heterocycles. The number of carbonyl (C=O) groups excluding carboxylic acids is 3. The van der Waals surface area contributed by atoms with Gasteiger partial charge in [0, 0.05) is 53.1 Å². The molecule has 0 aromatic heterocycles. The Kier molecular flexibility index (Phi) is 37.9. The zero-order valence-electron chi connectivity index (χ0n) is 39.1. The Morgan fingerprint density at radius 1 is 0.470 bits per heavy atom. The second-order valence-electron chi connectivity index (χ2n) is 16.9. The number of aliphatic carboxylic acids is 3. The van der Waals surface area contributed by atoms with Gasteiger partial charge < -0.3 is 39.6 Å². The van der Waals surface area contributed by atoms with Crippen molar-refractivity contribution in [2.45, 2.75) is 181 Å². The average molecular weight is 1050 g/mol. The van der Waals surface area contributed by atoms with Crippen LogP contribution in [0.1, 0.15) is 175 Å². The third kappa shape index (κ3) is 34.5. The molecule has 0 bridgehead atoms. The molecular weight excluding hydrogens is 967 g/mol. The van der Waals surface area contributed by atoms with Crippen LogP contribution < -0.4 is 5.32 Å². The van der Waals surface area contributed by atoms with Gasteiger partial charge in [-0.3, -0.25) is 28.8 Å². The Morgan fingerprint density at radius 3 is 1.42 bits per heavy atom. The van der Waals surface area contributed by atoms with Gasteiger partial charge in [0.2, 0.25) is 5.91 Å². The second-order valence-corrected chi connectivity index (χ2v) is 26.4. The fourth-order valence-electron chi connectivity index (χ4n) is 7.16. The molecule has 2 aliphatic heterocycles. The Bertz CT molecular complexity index is 1350. The van der Waals surface area contributed by atoms with Crippen LogP contribution in [0, 0.1) is 11.8 Å². The number of rotatable bonds is 48. The van der Waals surface area contributed by atoms with E-state index < -0.39 is 29.7 Å². The molecule has 0 radical (unpaired) electrons. The highest BCUT2D eigenvalue weighted by Crippen LogP contribution is 2.84. The number of ketones is 2. The molecule has 2 aliphatic rings. The number of carboxylic acid groups (broad SMARTS) is 3. The maximum absolute atomic E-state index is 12.4. The van der Waals surface area contributed by atoms with Gasteiger partial charge in [-0.25, -0.2) is 0 Å². The van der Waals surface area contributed by atoms with E-state index in [0.29, 0.717) is 90.5 Å². The quantitative estimate of drug-likeness (QED) is 0.0253. The fraction of sp³-hybridized carbons (Fsp3) is 0.870. The number of ether oxygens (including phenoxy) is 4. The van der Waals surface area contributed by atoms with Crippen molar-refractivity contribution >= 4 is 100 Å². The third-order valence-corrected chi connectivity index (χ3v) is 25.0. The summed E-state index contributed by atoms with van der Waals surface area (Å²) in [6, 6.07) is 0. The van der Waals surface area contributed by atoms with Crippen LogP contribution in [0.2, 0.25) is 0 Å². The lowest BCUT2D eigenvalue weighted by Gasteiger charge is -2.27. The minimum absolute atomic E-state index is 0. The van der Waals surface area contributed by atoms with Gasteiger partial charge in [-0.05, 0) is 60.1 Å². The van der Waals surface area contributed by atoms with Gasteiger partial charge in [-0.1, -0.05) is 139 Å². The van der Waals surface area contributed by atoms with Crippen LogP contribution >= 0.6 is 64.8 Å². The Morgan fingerprint density at radius 2 is 0.939 bits per heavy atom. The zero-order chi connectivity index (χ0) is 47.9. The van der Waals surface area contributed by atoms with E-state index in [2.05, 4.69) is 5.32 Å². The van der Waals surface area contributed by atoms with Gasteiger partial charge in [-0.2, -0.15) is 0 Å². The minimum Gasteiger partial charge on any atom is -0.481 e. The van der Waals surface area contributed by atoms with Gasteiger partial charge in [0.15, 0.2) is 2.74 Å². The van der Waals surface area contributed by atoms with Crippen LogP contribution in [0.5, 0.6) is 0 Å². The highest BCUT2D eigenvalue weighted by Gasteiger charge is 2.53. The molecule has 0 aliphatic carbocycles. The molecule has 20 heteroatoms. The number of hydrogen-bond donors (Lipinski definition) is 4. The summed E-state index contributed by atoms with van der Waals surface area (Å²) in [5.74, 6) is -4.24. The summed E-state index contributed by atoms with van der Waals surface area (Å²) in [6.45, 7) is 3.36. The highest BCUT2D eigenvalue weighted by atomic mass is 33.2. The summed E-state index contributed by atoms with van der Waals surface area (Å²) in [4.78, 5) is 71.1. The van der Waals surface area contributed by atoms with Crippen molar-refractivity contribution in [2.75, 3.05) is 59.4 Å². The molecular formula is C46H81NO13S6. The number of Topliss-reactive ketones (excluding diaryl/α,β-unsaturated/α-hetero) is 2. The SMILES string of the molecule is O=C(O)CCCCCCCCCCCCCCCCCCC(=O)CCCOCCOCCOCCOCCC(=O)C[C@@H](CCC(=O)NCCCC[C@@H](C(=O)O)C1SSC2(SS1)SS2)C(=O)O.[HH]. The molecule has 384 valence electrons. The first-order chi connectivity index (χ1) is 32.0. The Hall–Kier alpha value is -0.840. The molecule has 14 nitrogen and oxygen atoms in total. The van der Waals surface area contributed by atoms with Crippen LogP contribution in [0.25, 0.3) is 0 Å². The molecule has 1 spiro atoms. The number of carboxylic acids is 3. The van der Waals surface area contributed by atoms with Crippen molar-refractivity contribution in [3.63, 3.8) is 0 Å². The first-order valence-corrected chi connectivity index (χ1v) is 30.9. The average Bonchev–Trinajstić information content (AvgIpc) is 4.05. The molecule has 66 heavy (non-hydrogen) atoms. The third-order valence-electron chi connectivity index (χ3n) is 11.1. The predicted octanol–water partition coefficient (Wildman–Crippen LogP) is 11.7. The number of nitrogens with one attached hydrogen (secondary N) is 1. The number of unbranched alkanes of at least 4 members (excludes halogenated alkanes) is 16. The largest absolute Gasteiger partial charge is 0.481 e. The molecule has 0 unspecified atom stereocenters. The lowest BCUT2D eigenvalue weighted by Crippen LogP contribution is -2.27. The molecule has 2 atom stereocenters. The van der Waals surface area contributed by atoms with E-state index >= 15 is 0 Å². The van der Waals surface area contributed by atoms with Crippen molar-refractivity contribution < 1.29 is 64.5 Å². The monoisotopic (exact) mass is 1050 g/mol. The van der Waals surface area contributed by atoms with Crippen LogP contribution in [-0.2, 0) is 47.7 Å². The Labute approximate surface area is 419 Å². The van der Waals surface area contributed by atoms with E-state index in [-0.39, 0.29) is 59.3 Å². The molecule has 0 aromatic rings. The van der Waals surface area contributed by atoms with Crippen molar-refractivity contribution in [3.05, 3.63) is 0 Å². The topological polar surface area (TPSA) is 212 Å². The fourth-order valence-corrected chi connectivity index (χ4v) is 21.0. The van der Waals surface area contributed by atoms with Gasteiger partial charge >= 0.3 is 17.9 Å². The van der Waals surface area contributed by atoms with E-state index in [9.17, 15) is 39.0 Å². The summed E-state index contributed by atoms with van der Waals surface area (Å²) in [5.41, 5.74) is 0. The van der Waals surface area contributed by atoms with Gasteiger partial charge in [0.25, 0.3) is 0 Å². The molecule has 2 rings (SSSR count). The van der Waals surface area contributed by atoms with Gasteiger partial charge in [-0.15, -0.1) is 0 Å². The molecule has 2 heterocycles. The minimum atomic E-state index is -1.12. The van der Waals surface area contributed by atoms with E-state index in [1.54, 1.807) is 64.8 Å². The van der Waals surface area contributed by atoms with E-state index in [0.717, 1.165) is 38.5 Å². The molecule has 0 aromatic carbocycles. The molecule has 1 amide bonds. The van der Waals surface area contributed by atoms with Crippen LogP contribution in [0.15, 0.2) is 0 Å². The summed E-state index contributed by atoms with van der Waals surface area (Å²) in [5, 5.41) is 30.8. The number of amides is 1. The number of hydrogen-bond acceptors (Lipinski definition) is 16. The van der Waals surface area contributed by atoms with Crippen molar-refractivity contribution in [3.8, 4) is 0 Å². The smallest absolute Gasteiger partial charge is 0.308 e. The highest BCUT2D eigenvalue weighted by molar-refractivity contribution is 9.14. The lowest BCUT2D eigenvalue weighted by atomic mass is 9.96. The normalized spacial score (nSPS) is 15.4. The van der Waals surface area contributed by atoms with Crippen molar-refractivity contribution in [2.24, 2.45) is 11.8 Å². The molecule has 2 fully saturated rings. The summed E-state index contributed by atoms with van der Waals surface area (Å²) < 4.78 is 22.2. The maximum atomic E-state index is 12.4. The van der Waals surface area contributed by atoms with Gasteiger partial charge in [0.05, 0.1) is 62.7 Å². The molecule has 4 N–H and O–H groups in total. The molecule has 0 saturated carbocycles. The summed E-state index contributed by atoms with van der Waals surface area (Å²) >= 11 is 0. The van der Waals surface area contributed by atoms with E-state index in [1.807, 2.05) is 0 Å². The summed E-state index contributed by atoms with van der Waals surface area (Å²) in [6.07, 6.45) is 23.2. The maximum Gasteiger partial charge on any atom is 0.308 e.